The lowest BCUT2D eigenvalue weighted by molar-refractivity contribution is -0.124. The molecule has 0 unspecified atom stereocenters. The number of nitrogens with one attached hydrogen (secondary N) is 1. The number of imide groups is 1. The summed E-state index contributed by atoms with van der Waals surface area (Å²) in [5, 5.41) is 12.5. The molecule has 0 bridgehead atoms. The van der Waals surface area contributed by atoms with Gasteiger partial charge in [-0.05, 0) is 47.5 Å². The average Bonchev–Trinajstić information content (AvgIpc) is 3.01. The lowest BCUT2D eigenvalue weighted by Gasteiger charge is -2.18. The lowest BCUT2D eigenvalue weighted by Crippen LogP contribution is -2.41. The third kappa shape index (κ3) is 5.95. The SMILES string of the molecule is O=C(CCN1C(=O)S/C(=C\c2ccc(Cl)cc2)C1=O)N[C@@H](CO)Cc1ccccc1. The number of rotatable bonds is 8. The number of aliphatic hydroxyl groups is 1. The molecule has 0 aliphatic carbocycles. The van der Waals surface area contributed by atoms with Gasteiger partial charge < -0.3 is 10.4 Å². The predicted molar refractivity (Wildman–Crippen MR) is 118 cm³/mol. The first-order valence-electron chi connectivity index (χ1n) is 9.41. The molecular weight excluding hydrogens is 424 g/mol. The minimum absolute atomic E-state index is 0.0159. The summed E-state index contributed by atoms with van der Waals surface area (Å²) in [5.41, 5.74) is 1.75. The minimum Gasteiger partial charge on any atom is -0.394 e. The van der Waals surface area contributed by atoms with Crippen LogP contribution in [0.15, 0.2) is 59.5 Å². The second-order valence-electron chi connectivity index (χ2n) is 6.77. The van der Waals surface area contributed by atoms with Crippen molar-refractivity contribution in [2.24, 2.45) is 0 Å². The van der Waals surface area contributed by atoms with Gasteiger partial charge in [0.2, 0.25) is 5.91 Å². The van der Waals surface area contributed by atoms with E-state index < -0.39 is 17.2 Å². The van der Waals surface area contributed by atoms with Crippen LogP contribution in [0.1, 0.15) is 17.5 Å². The second kappa shape index (κ2) is 10.4. The van der Waals surface area contributed by atoms with E-state index in [1.807, 2.05) is 30.3 Å². The highest BCUT2D eigenvalue weighted by Crippen LogP contribution is 2.32. The summed E-state index contributed by atoms with van der Waals surface area (Å²) >= 11 is 6.70. The standard InChI is InChI=1S/C22H21ClN2O4S/c23-17-8-6-16(7-9-17)13-19-21(28)25(22(29)30-19)11-10-20(27)24-18(14-26)12-15-4-2-1-3-5-15/h1-9,13,18,26H,10-12,14H2,(H,24,27)/b19-13-/t18-/m1/s1. The molecule has 2 N–H and O–H groups in total. The van der Waals surface area contributed by atoms with E-state index >= 15 is 0 Å². The van der Waals surface area contributed by atoms with Gasteiger partial charge in [-0.3, -0.25) is 19.3 Å². The molecule has 2 aromatic rings. The molecule has 1 fully saturated rings. The number of carbonyl (C=O) groups excluding carboxylic acids is 3. The molecular formula is C22H21ClN2O4S. The fourth-order valence-electron chi connectivity index (χ4n) is 2.98. The maximum atomic E-state index is 12.5. The third-order valence-corrected chi connectivity index (χ3v) is 5.67. The van der Waals surface area contributed by atoms with Gasteiger partial charge in [0.1, 0.15) is 0 Å². The Bertz CT molecular complexity index is 947. The number of hydrogen-bond donors (Lipinski definition) is 2. The zero-order chi connectivity index (χ0) is 21.5. The summed E-state index contributed by atoms with van der Waals surface area (Å²) in [7, 11) is 0. The second-order valence-corrected chi connectivity index (χ2v) is 8.20. The number of amides is 3. The molecule has 0 aromatic heterocycles. The highest BCUT2D eigenvalue weighted by Gasteiger charge is 2.35. The summed E-state index contributed by atoms with van der Waals surface area (Å²) < 4.78 is 0. The van der Waals surface area contributed by atoms with E-state index in [9.17, 15) is 19.5 Å². The molecule has 1 aliphatic heterocycles. The van der Waals surface area contributed by atoms with Gasteiger partial charge in [0, 0.05) is 18.0 Å². The van der Waals surface area contributed by atoms with Crippen molar-refractivity contribution < 1.29 is 19.5 Å². The van der Waals surface area contributed by atoms with Gasteiger partial charge >= 0.3 is 0 Å². The van der Waals surface area contributed by atoms with E-state index in [1.54, 1.807) is 30.3 Å². The fourth-order valence-corrected chi connectivity index (χ4v) is 3.97. The molecule has 1 atom stereocenters. The third-order valence-electron chi connectivity index (χ3n) is 4.51. The Morgan fingerprint density at radius 3 is 2.50 bits per heavy atom. The Morgan fingerprint density at radius 2 is 1.83 bits per heavy atom. The molecule has 3 rings (SSSR count). The molecule has 8 heteroatoms. The van der Waals surface area contributed by atoms with Crippen LogP contribution < -0.4 is 5.32 Å². The Hall–Kier alpha value is -2.61. The first-order chi connectivity index (χ1) is 14.5. The van der Waals surface area contributed by atoms with E-state index in [1.165, 1.54) is 0 Å². The first kappa shape index (κ1) is 22.1. The zero-order valence-electron chi connectivity index (χ0n) is 16.1. The van der Waals surface area contributed by atoms with Crippen LogP contribution in [0, 0.1) is 0 Å². The molecule has 1 saturated heterocycles. The molecule has 0 saturated carbocycles. The van der Waals surface area contributed by atoms with Crippen LogP contribution in [0.4, 0.5) is 4.79 Å². The molecule has 156 valence electrons. The molecule has 0 spiro atoms. The van der Waals surface area contributed by atoms with Crippen molar-refractivity contribution in [3.63, 3.8) is 0 Å². The Morgan fingerprint density at radius 1 is 1.13 bits per heavy atom. The molecule has 0 radical (unpaired) electrons. The quantitative estimate of drug-likeness (QED) is 0.608. The van der Waals surface area contributed by atoms with Gasteiger partial charge in [0.05, 0.1) is 17.6 Å². The van der Waals surface area contributed by atoms with Gasteiger partial charge in [-0.25, -0.2) is 0 Å². The first-order valence-corrected chi connectivity index (χ1v) is 10.6. The Labute approximate surface area is 183 Å². The monoisotopic (exact) mass is 444 g/mol. The number of benzene rings is 2. The molecule has 1 aliphatic rings. The summed E-state index contributed by atoms with van der Waals surface area (Å²) in [6, 6.07) is 16.0. The number of thioether (sulfide) groups is 1. The van der Waals surface area contributed by atoms with Crippen LogP contribution in [0.25, 0.3) is 6.08 Å². The van der Waals surface area contributed by atoms with Crippen molar-refractivity contribution in [2.75, 3.05) is 13.2 Å². The Balaban J connectivity index is 1.54. The summed E-state index contributed by atoms with van der Waals surface area (Å²) in [5.74, 6) is -0.749. The van der Waals surface area contributed by atoms with E-state index in [-0.39, 0.29) is 25.5 Å². The van der Waals surface area contributed by atoms with E-state index in [4.69, 9.17) is 11.6 Å². The number of nitrogens with zero attached hydrogens (tertiary/aromatic N) is 1. The van der Waals surface area contributed by atoms with E-state index in [0.29, 0.717) is 16.3 Å². The van der Waals surface area contributed by atoms with Gasteiger partial charge in [-0.2, -0.15) is 0 Å². The van der Waals surface area contributed by atoms with Gasteiger partial charge in [-0.1, -0.05) is 54.1 Å². The van der Waals surface area contributed by atoms with Crippen molar-refractivity contribution in [1.29, 1.82) is 0 Å². The number of carbonyl (C=O) groups is 3. The maximum Gasteiger partial charge on any atom is 0.293 e. The normalized spacial score (nSPS) is 16.2. The minimum atomic E-state index is -0.431. The van der Waals surface area contributed by atoms with Crippen molar-refractivity contribution in [3.05, 3.63) is 75.7 Å². The van der Waals surface area contributed by atoms with Crippen LogP contribution in [0.3, 0.4) is 0 Å². The fraction of sp³-hybridized carbons (Fsp3) is 0.227. The highest BCUT2D eigenvalue weighted by molar-refractivity contribution is 8.18. The van der Waals surface area contributed by atoms with Crippen LogP contribution in [0.2, 0.25) is 5.02 Å². The smallest absolute Gasteiger partial charge is 0.293 e. The summed E-state index contributed by atoms with van der Waals surface area (Å²) in [4.78, 5) is 38.4. The summed E-state index contributed by atoms with van der Waals surface area (Å²) in [6.07, 6.45) is 2.09. The van der Waals surface area contributed by atoms with E-state index in [2.05, 4.69) is 5.32 Å². The zero-order valence-corrected chi connectivity index (χ0v) is 17.7. The van der Waals surface area contributed by atoms with Crippen molar-refractivity contribution in [3.8, 4) is 0 Å². The maximum absolute atomic E-state index is 12.5. The highest BCUT2D eigenvalue weighted by atomic mass is 35.5. The molecule has 3 amide bonds. The molecule has 1 heterocycles. The number of hydrogen-bond acceptors (Lipinski definition) is 5. The number of aliphatic hydroxyl groups excluding tert-OH is 1. The van der Waals surface area contributed by atoms with Gasteiger partial charge in [0.15, 0.2) is 0 Å². The largest absolute Gasteiger partial charge is 0.394 e. The average molecular weight is 445 g/mol. The van der Waals surface area contributed by atoms with Crippen molar-refractivity contribution >= 4 is 46.5 Å². The van der Waals surface area contributed by atoms with Crippen LogP contribution in [-0.4, -0.2) is 46.3 Å². The molecule has 6 nitrogen and oxygen atoms in total. The van der Waals surface area contributed by atoms with E-state index in [0.717, 1.165) is 27.8 Å². The van der Waals surface area contributed by atoms with Gasteiger partial charge in [0.25, 0.3) is 11.1 Å². The topological polar surface area (TPSA) is 86.7 Å². The Kier molecular flexibility index (Phi) is 7.68. The van der Waals surface area contributed by atoms with Crippen LogP contribution in [-0.2, 0) is 16.0 Å². The van der Waals surface area contributed by atoms with Crippen LogP contribution in [0.5, 0.6) is 0 Å². The van der Waals surface area contributed by atoms with Crippen LogP contribution >= 0.6 is 23.4 Å². The lowest BCUT2D eigenvalue weighted by atomic mass is 10.1. The number of halogens is 1. The molecule has 2 aromatic carbocycles. The van der Waals surface area contributed by atoms with Gasteiger partial charge in [-0.15, -0.1) is 0 Å². The predicted octanol–water partition coefficient (Wildman–Crippen LogP) is 3.49. The van der Waals surface area contributed by atoms with Crippen molar-refractivity contribution in [1.82, 2.24) is 10.2 Å². The van der Waals surface area contributed by atoms with Crippen molar-refractivity contribution in [2.45, 2.75) is 18.9 Å². The summed E-state index contributed by atoms with van der Waals surface area (Å²) in [6.45, 7) is -0.218. The molecule has 30 heavy (non-hydrogen) atoms.